The van der Waals surface area contributed by atoms with Crippen LogP contribution < -0.4 is 5.32 Å². The van der Waals surface area contributed by atoms with Crippen molar-refractivity contribution in [1.82, 2.24) is 9.88 Å². The molecule has 3 aromatic carbocycles. The van der Waals surface area contributed by atoms with Crippen LogP contribution in [0.3, 0.4) is 0 Å². The van der Waals surface area contributed by atoms with Crippen molar-refractivity contribution in [2.75, 3.05) is 6.54 Å². The van der Waals surface area contributed by atoms with Gasteiger partial charge in [-0.2, -0.15) is 0 Å². The number of nitrogens with zero attached hydrogens (tertiary/aromatic N) is 1. The molecule has 0 amide bonds. The van der Waals surface area contributed by atoms with E-state index >= 15 is 0 Å². The maximum absolute atomic E-state index is 5.96. The third-order valence-corrected chi connectivity index (χ3v) is 5.42. The predicted molar refractivity (Wildman–Crippen MR) is 119 cm³/mol. The summed E-state index contributed by atoms with van der Waals surface area (Å²) in [6.45, 7) is 4.84. The average Bonchev–Trinajstić information content (AvgIpc) is 3.06. The molecule has 0 atom stereocenters. The molecule has 4 aromatic rings. The van der Waals surface area contributed by atoms with Crippen LogP contribution in [0.15, 0.2) is 79.0 Å². The summed E-state index contributed by atoms with van der Waals surface area (Å²) in [5, 5.41) is 5.71. The molecule has 0 unspecified atom stereocenters. The third-order valence-electron chi connectivity index (χ3n) is 5.16. The maximum atomic E-state index is 5.96. The summed E-state index contributed by atoms with van der Waals surface area (Å²) in [6.07, 6.45) is 3.29. The molecule has 28 heavy (non-hydrogen) atoms. The molecule has 0 radical (unpaired) electrons. The first kappa shape index (κ1) is 18.8. The number of aromatic nitrogens is 1. The minimum absolute atomic E-state index is 0.790. The quantitative estimate of drug-likeness (QED) is 0.385. The third kappa shape index (κ3) is 4.46. The molecule has 142 valence electrons. The number of aryl methyl sites for hydroxylation is 1. The molecular formula is C25H25ClN2. The Morgan fingerprint density at radius 2 is 1.57 bits per heavy atom. The van der Waals surface area contributed by atoms with Gasteiger partial charge in [-0.05, 0) is 54.8 Å². The topological polar surface area (TPSA) is 17.0 Å². The Hall–Kier alpha value is -2.55. The van der Waals surface area contributed by atoms with E-state index < -0.39 is 0 Å². The lowest BCUT2D eigenvalue weighted by Gasteiger charge is -2.06. The fourth-order valence-corrected chi connectivity index (χ4v) is 3.72. The second-order valence-corrected chi connectivity index (χ2v) is 7.77. The predicted octanol–water partition coefficient (Wildman–Crippen LogP) is 5.98. The van der Waals surface area contributed by atoms with E-state index in [-0.39, 0.29) is 0 Å². The largest absolute Gasteiger partial charge is 0.343 e. The number of halogens is 1. The summed E-state index contributed by atoms with van der Waals surface area (Å²) in [6, 6.07) is 25.6. The smallest absolute Gasteiger partial charge is 0.0486 e. The lowest BCUT2D eigenvalue weighted by atomic mass is 10.1. The highest BCUT2D eigenvalue weighted by molar-refractivity contribution is 6.30. The van der Waals surface area contributed by atoms with Gasteiger partial charge in [-0.1, -0.05) is 71.8 Å². The first-order valence-corrected chi connectivity index (χ1v) is 10.1. The van der Waals surface area contributed by atoms with Gasteiger partial charge in [0.05, 0.1) is 0 Å². The van der Waals surface area contributed by atoms with Gasteiger partial charge in [0, 0.05) is 35.2 Å². The fourth-order valence-electron chi connectivity index (χ4n) is 3.59. The Balaban J connectivity index is 1.45. The molecule has 1 aromatic heterocycles. The molecule has 0 fully saturated rings. The lowest BCUT2D eigenvalue weighted by Crippen LogP contribution is -2.16. The zero-order valence-electron chi connectivity index (χ0n) is 16.2. The van der Waals surface area contributed by atoms with Gasteiger partial charge < -0.3 is 9.88 Å². The van der Waals surface area contributed by atoms with E-state index in [1.807, 2.05) is 12.1 Å². The van der Waals surface area contributed by atoms with Gasteiger partial charge in [0.25, 0.3) is 0 Å². The first-order chi connectivity index (χ1) is 13.7. The van der Waals surface area contributed by atoms with Crippen molar-refractivity contribution in [2.45, 2.75) is 26.4 Å². The van der Waals surface area contributed by atoms with Gasteiger partial charge >= 0.3 is 0 Å². The molecule has 1 N–H and O–H groups in total. The van der Waals surface area contributed by atoms with Crippen LogP contribution in [0.4, 0.5) is 0 Å². The van der Waals surface area contributed by atoms with Crippen LogP contribution >= 0.6 is 11.6 Å². The SMILES string of the molecule is Cc1ccc(Cn2cc(CNCCc3ccc(Cl)cc3)c3ccccc32)cc1. The van der Waals surface area contributed by atoms with E-state index in [4.69, 9.17) is 11.6 Å². The number of hydrogen-bond acceptors (Lipinski definition) is 1. The lowest BCUT2D eigenvalue weighted by molar-refractivity contribution is 0.686. The van der Waals surface area contributed by atoms with Crippen LogP contribution in [0.2, 0.25) is 5.02 Å². The molecule has 2 nitrogen and oxygen atoms in total. The van der Waals surface area contributed by atoms with Gasteiger partial charge in [0.1, 0.15) is 0 Å². The Bertz CT molecular complexity index is 1050. The minimum atomic E-state index is 0.790. The normalized spacial score (nSPS) is 11.2. The summed E-state index contributed by atoms with van der Waals surface area (Å²) in [7, 11) is 0. The van der Waals surface area contributed by atoms with Gasteiger partial charge in [-0.25, -0.2) is 0 Å². The Kier molecular flexibility index (Phi) is 5.80. The maximum Gasteiger partial charge on any atom is 0.0486 e. The van der Waals surface area contributed by atoms with E-state index in [1.54, 1.807) is 0 Å². The summed E-state index contributed by atoms with van der Waals surface area (Å²) in [4.78, 5) is 0. The molecule has 0 saturated heterocycles. The van der Waals surface area contributed by atoms with Crippen molar-refractivity contribution in [3.05, 3.63) is 106 Å². The molecule has 0 bridgehead atoms. The van der Waals surface area contributed by atoms with Crippen molar-refractivity contribution in [2.24, 2.45) is 0 Å². The molecule has 4 rings (SSSR count). The van der Waals surface area contributed by atoms with Crippen molar-refractivity contribution in [1.29, 1.82) is 0 Å². The van der Waals surface area contributed by atoms with Crippen molar-refractivity contribution < 1.29 is 0 Å². The summed E-state index contributed by atoms with van der Waals surface area (Å²) in [5.41, 5.74) is 6.57. The highest BCUT2D eigenvalue weighted by atomic mass is 35.5. The summed E-state index contributed by atoms with van der Waals surface area (Å²) in [5.74, 6) is 0. The van der Waals surface area contributed by atoms with Crippen molar-refractivity contribution in [3.63, 3.8) is 0 Å². The van der Waals surface area contributed by atoms with Gasteiger partial charge in [0.15, 0.2) is 0 Å². The summed E-state index contributed by atoms with van der Waals surface area (Å²) >= 11 is 5.96. The van der Waals surface area contributed by atoms with E-state index in [9.17, 15) is 0 Å². The van der Waals surface area contributed by atoms with Crippen LogP contribution in [0.25, 0.3) is 10.9 Å². The highest BCUT2D eigenvalue weighted by Crippen LogP contribution is 2.22. The van der Waals surface area contributed by atoms with Gasteiger partial charge in [-0.15, -0.1) is 0 Å². The minimum Gasteiger partial charge on any atom is -0.343 e. The second-order valence-electron chi connectivity index (χ2n) is 7.34. The molecule has 0 aliphatic rings. The highest BCUT2D eigenvalue weighted by Gasteiger charge is 2.08. The Morgan fingerprint density at radius 3 is 2.36 bits per heavy atom. The van der Waals surface area contributed by atoms with Gasteiger partial charge in [0.2, 0.25) is 0 Å². The number of nitrogens with one attached hydrogen (secondary N) is 1. The molecule has 0 saturated carbocycles. The second kappa shape index (κ2) is 8.64. The number of para-hydroxylation sites is 1. The molecule has 0 aliphatic carbocycles. The molecule has 3 heteroatoms. The zero-order chi connectivity index (χ0) is 19.3. The van der Waals surface area contributed by atoms with E-state index in [0.717, 1.165) is 31.1 Å². The Morgan fingerprint density at radius 1 is 0.857 bits per heavy atom. The standard InChI is InChI=1S/C25H25ClN2/c1-19-6-8-21(9-7-19)17-28-18-22(24-4-2-3-5-25(24)28)16-27-15-14-20-10-12-23(26)13-11-20/h2-13,18,27H,14-17H2,1H3. The zero-order valence-corrected chi connectivity index (χ0v) is 16.9. The fraction of sp³-hybridized carbons (Fsp3) is 0.200. The molecule has 1 heterocycles. The summed E-state index contributed by atoms with van der Waals surface area (Å²) < 4.78 is 2.36. The Labute approximate surface area is 171 Å². The monoisotopic (exact) mass is 388 g/mol. The molecular weight excluding hydrogens is 364 g/mol. The van der Waals surface area contributed by atoms with Crippen LogP contribution in [0.5, 0.6) is 0 Å². The number of fused-ring (bicyclic) bond motifs is 1. The van der Waals surface area contributed by atoms with Crippen LogP contribution in [-0.4, -0.2) is 11.1 Å². The van der Waals surface area contributed by atoms with Crippen molar-refractivity contribution >= 4 is 22.5 Å². The van der Waals surface area contributed by atoms with Crippen LogP contribution in [0, 0.1) is 6.92 Å². The van der Waals surface area contributed by atoms with E-state index in [1.165, 1.54) is 33.2 Å². The number of hydrogen-bond donors (Lipinski definition) is 1. The van der Waals surface area contributed by atoms with Gasteiger partial charge in [-0.3, -0.25) is 0 Å². The first-order valence-electron chi connectivity index (χ1n) is 9.76. The number of benzene rings is 3. The average molecular weight is 389 g/mol. The van der Waals surface area contributed by atoms with Crippen LogP contribution in [-0.2, 0) is 19.5 Å². The van der Waals surface area contributed by atoms with Crippen molar-refractivity contribution in [3.8, 4) is 0 Å². The van der Waals surface area contributed by atoms with E-state index in [0.29, 0.717) is 0 Å². The molecule has 0 spiro atoms. The number of rotatable bonds is 7. The van der Waals surface area contributed by atoms with E-state index in [2.05, 4.69) is 83.7 Å². The molecule has 0 aliphatic heterocycles. The van der Waals surface area contributed by atoms with Crippen LogP contribution in [0.1, 0.15) is 22.3 Å².